The second-order valence-corrected chi connectivity index (χ2v) is 11.9. The molecule has 1 N–H and O–H groups in total. The molecule has 7 heteroatoms. The predicted molar refractivity (Wildman–Crippen MR) is 133 cm³/mol. The lowest BCUT2D eigenvalue weighted by atomic mass is 9.70. The number of benzene rings is 1. The lowest BCUT2D eigenvalue weighted by Crippen LogP contribution is -2.31. The van der Waals surface area contributed by atoms with Gasteiger partial charge in [-0.2, -0.15) is 13.2 Å². The van der Waals surface area contributed by atoms with Crippen molar-refractivity contribution in [1.29, 1.82) is 0 Å². The fraction of sp³-hybridized carbons (Fsp3) is 0.593. The van der Waals surface area contributed by atoms with E-state index in [2.05, 4.69) is 36.4 Å². The maximum absolute atomic E-state index is 13.2. The van der Waals surface area contributed by atoms with Crippen LogP contribution in [0.1, 0.15) is 110 Å². The molecule has 2 aliphatic carbocycles. The van der Waals surface area contributed by atoms with Gasteiger partial charge in [-0.3, -0.25) is 4.98 Å². The van der Waals surface area contributed by atoms with Gasteiger partial charge in [-0.05, 0) is 67.2 Å². The van der Waals surface area contributed by atoms with Gasteiger partial charge in [-0.1, -0.05) is 61.4 Å². The molecule has 3 atom stereocenters. The van der Waals surface area contributed by atoms with Crippen molar-refractivity contribution in [1.82, 2.24) is 4.98 Å². The Kier molecular flexibility index (Phi) is 6.08. The van der Waals surface area contributed by atoms with Crippen LogP contribution in [0, 0.1) is 5.41 Å². The van der Waals surface area contributed by atoms with E-state index in [1.807, 2.05) is 6.92 Å². The third-order valence-corrected chi connectivity index (χ3v) is 9.27. The highest BCUT2D eigenvalue weighted by Crippen LogP contribution is 2.55. The van der Waals surface area contributed by atoms with Crippen LogP contribution in [0.4, 0.5) is 13.2 Å². The number of fused-ring (bicyclic) bond motifs is 2. The minimum absolute atomic E-state index is 0.0480. The number of aromatic nitrogens is 1. The SMILES string of the molecule is CC1(C)Cc2nc3c(c(C4CCCC4)c2[C@@H](O)C1)C(c1ccc(C(F)(F)F)cc1)OC3(C)CI. The number of halogens is 4. The van der Waals surface area contributed by atoms with E-state index >= 15 is 0 Å². The summed E-state index contributed by atoms with van der Waals surface area (Å²) in [7, 11) is 0. The van der Waals surface area contributed by atoms with Crippen LogP contribution in [0.2, 0.25) is 0 Å². The van der Waals surface area contributed by atoms with Crippen LogP contribution in [0.3, 0.4) is 0 Å². The van der Waals surface area contributed by atoms with Gasteiger partial charge in [0.1, 0.15) is 11.7 Å². The van der Waals surface area contributed by atoms with Gasteiger partial charge in [0, 0.05) is 21.2 Å². The monoisotopic (exact) mass is 585 g/mol. The molecule has 3 nitrogen and oxygen atoms in total. The Bertz CT molecular complexity index is 1090. The Labute approximate surface area is 212 Å². The standard InChI is InChI=1S/C27H31F3INO2/c1-25(2)12-18-21(19(33)13-25)20(15-6-4-5-7-15)22-23(34-26(3,14-31)24(22)32-18)16-8-10-17(11-9-16)27(28,29)30/h8-11,15,19,23,33H,4-7,12-14H2,1-3H3/t19-,23?,26?/m0/s1. The third kappa shape index (κ3) is 4.09. The third-order valence-electron chi connectivity index (χ3n) is 7.82. The molecule has 1 aromatic heterocycles. The Morgan fingerprint density at radius 2 is 1.71 bits per heavy atom. The number of hydrogen-bond donors (Lipinski definition) is 1. The van der Waals surface area contributed by atoms with Gasteiger partial charge < -0.3 is 9.84 Å². The van der Waals surface area contributed by atoms with E-state index in [0.717, 1.165) is 66.8 Å². The summed E-state index contributed by atoms with van der Waals surface area (Å²) in [4.78, 5) is 5.16. The first-order valence-electron chi connectivity index (χ1n) is 12.1. The van der Waals surface area contributed by atoms with Crippen molar-refractivity contribution in [3.63, 3.8) is 0 Å². The first-order valence-corrected chi connectivity index (χ1v) is 13.6. The average Bonchev–Trinajstić information content (AvgIpc) is 3.38. The number of rotatable bonds is 3. The van der Waals surface area contributed by atoms with Crippen LogP contribution in [0.15, 0.2) is 24.3 Å². The number of aliphatic hydroxyl groups is 1. The van der Waals surface area contributed by atoms with Crippen LogP contribution in [-0.4, -0.2) is 14.5 Å². The molecule has 1 aromatic carbocycles. The van der Waals surface area contributed by atoms with Crippen molar-refractivity contribution in [2.45, 2.75) is 89.2 Å². The van der Waals surface area contributed by atoms with E-state index in [1.165, 1.54) is 17.7 Å². The van der Waals surface area contributed by atoms with Crippen LogP contribution < -0.4 is 0 Å². The highest BCUT2D eigenvalue weighted by Gasteiger charge is 2.48. The smallest absolute Gasteiger partial charge is 0.388 e. The highest BCUT2D eigenvalue weighted by molar-refractivity contribution is 14.1. The largest absolute Gasteiger partial charge is 0.416 e. The first-order chi connectivity index (χ1) is 15.9. The van der Waals surface area contributed by atoms with Crippen molar-refractivity contribution in [3.05, 3.63) is 63.5 Å². The number of nitrogens with zero attached hydrogens (tertiary/aromatic N) is 1. The molecule has 2 heterocycles. The van der Waals surface area contributed by atoms with Crippen LogP contribution in [-0.2, 0) is 22.9 Å². The topological polar surface area (TPSA) is 42.4 Å². The van der Waals surface area contributed by atoms with E-state index in [9.17, 15) is 18.3 Å². The normalized spacial score (nSPS) is 28.7. The molecular formula is C27H31F3INO2. The predicted octanol–water partition coefficient (Wildman–Crippen LogP) is 7.53. The molecule has 1 fully saturated rings. The maximum Gasteiger partial charge on any atom is 0.416 e. The highest BCUT2D eigenvalue weighted by atomic mass is 127. The van der Waals surface area contributed by atoms with E-state index in [-0.39, 0.29) is 5.41 Å². The molecule has 2 unspecified atom stereocenters. The summed E-state index contributed by atoms with van der Waals surface area (Å²) >= 11 is 2.31. The summed E-state index contributed by atoms with van der Waals surface area (Å²) in [5, 5.41) is 11.3. The van der Waals surface area contributed by atoms with Crippen molar-refractivity contribution in [3.8, 4) is 0 Å². The van der Waals surface area contributed by atoms with Crippen LogP contribution >= 0.6 is 22.6 Å². The van der Waals surface area contributed by atoms with Gasteiger partial charge in [0.2, 0.25) is 0 Å². The molecule has 1 aliphatic heterocycles. The summed E-state index contributed by atoms with van der Waals surface area (Å²) in [5.41, 5.74) is 4.34. The Hall–Kier alpha value is -1.19. The summed E-state index contributed by atoms with van der Waals surface area (Å²) in [6, 6.07) is 5.34. The van der Waals surface area contributed by atoms with Crippen LogP contribution in [0.25, 0.3) is 0 Å². The summed E-state index contributed by atoms with van der Waals surface area (Å²) < 4.78 is 47.0. The fourth-order valence-corrected chi connectivity index (χ4v) is 6.76. The number of alkyl halides is 4. The van der Waals surface area contributed by atoms with E-state index in [1.54, 1.807) is 0 Å². The second kappa shape index (κ2) is 8.44. The number of hydrogen-bond acceptors (Lipinski definition) is 3. The van der Waals surface area contributed by atoms with Crippen molar-refractivity contribution in [2.24, 2.45) is 5.41 Å². The molecular weight excluding hydrogens is 554 g/mol. The zero-order chi connectivity index (χ0) is 24.5. The molecule has 3 aliphatic rings. The zero-order valence-electron chi connectivity index (χ0n) is 19.8. The Balaban J connectivity index is 1.73. The van der Waals surface area contributed by atoms with Crippen molar-refractivity contribution < 1.29 is 23.0 Å². The summed E-state index contributed by atoms with van der Waals surface area (Å²) in [6.07, 6.45) is 0.417. The van der Waals surface area contributed by atoms with Gasteiger partial charge >= 0.3 is 6.18 Å². The molecule has 184 valence electrons. The second-order valence-electron chi connectivity index (χ2n) is 11.2. The molecule has 0 spiro atoms. The number of aliphatic hydroxyl groups excluding tert-OH is 1. The molecule has 1 saturated carbocycles. The average molecular weight is 585 g/mol. The minimum atomic E-state index is -4.38. The van der Waals surface area contributed by atoms with Gasteiger partial charge in [0.05, 0.1) is 17.4 Å². The molecule has 0 radical (unpaired) electrons. The first kappa shape index (κ1) is 24.5. The molecule has 5 rings (SSSR count). The quantitative estimate of drug-likeness (QED) is 0.299. The van der Waals surface area contributed by atoms with Crippen LogP contribution in [0.5, 0.6) is 0 Å². The lowest BCUT2D eigenvalue weighted by Gasteiger charge is -2.37. The molecule has 0 saturated heterocycles. The fourth-order valence-electron chi connectivity index (χ4n) is 6.22. The van der Waals surface area contributed by atoms with E-state index in [0.29, 0.717) is 22.3 Å². The molecule has 34 heavy (non-hydrogen) atoms. The van der Waals surface area contributed by atoms with Crippen molar-refractivity contribution in [2.75, 3.05) is 4.43 Å². The summed E-state index contributed by atoms with van der Waals surface area (Å²) in [5.74, 6) is 0.318. The van der Waals surface area contributed by atoms with Crippen molar-refractivity contribution >= 4 is 22.6 Å². The van der Waals surface area contributed by atoms with Gasteiger partial charge in [-0.25, -0.2) is 0 Å². The minimum Gasteiger partial charge on any atom is -0.388 e. The molecule has 2 aromatic rings. The summed E-state index contributed by atoms with van der Waals surface area (Å²) in [6.45, 7) is 6.37. The lowest BCUT2D eigenvalue weighted by molar-refractivity contribution is -0.137. The molecule has 0 amide bonds. The van der Waals surface area contributed by atoms with Gasteiger partial charge in [-0.15, -0.1) is 0 Å². The number of ether oxygens (including phenoxy) is 1. The zero-order valence-corrected chi connectivity index (χ0v) is 22.0. The molecule has 0 bridgehead atoms. The van der Waals surface area contributed by atoms with E-state index < -0.39 is 29.5 Å². The Morgan fingerprint density at radius 1 is 1.06 bits per heavy atom. The maximum atomic E-state index is 13.2. The van der Waals surface area contributed by atoms with Gasteiger partial charge in [0.15, 0.2) is 0 Å². The van der Waals surface area contributed by atoms with E-state index in [4.69, 9.17) is 9.72 Å². The Morgan fingerprint density at radius 3 is 2.29 bits per heavy atom. The van der Waals surface area contributed by atoms with Gasteiger partial charge in [0.25, 0.3) is 0 Å². The number of pyridine rings is 1.